The molecular weight excluding hydrogens is 334 g/mol. The van der Waals surface area contributed by atoms with Gasteiger partial charge in [0.2, 0.25) is 5.95 Å². The second-order valence-corrected chi connectivity index (χ2v) is 7.00. The topological polar surface area (TPSA) is 44.3 Å². The number of anilines is 4. The van der Waals surface area contributed by atoms with Crippen molar-refractivity contribution in [1.29, 1.82) is 0 Å². The molecule has 0 aliphatic carbocycles. The van der Waals surface area contributed by atoms with E-state index >= 15 is 0 Å². The van der Waals surface area contributed by atoms with E-state index in [4.69, 9.17) is 4.98 Å². The second-order valence-electron chi connectivity index (χ2n) is 7.00. The average Bonchev–Trinajstić information content (AvgIpc) is 2.68. The van der Waals surface area contributed by atoms with Crippen LogP contribution in [0.4, 0.5) is 23.1 Å². The third-order valence-corrected chi connectivity index (χ3v) is 4.84. The standard InChI is InChI=1S/C22H25N5/c1-17-7-6-8-19(15-17)24-22-23-18(2)16-21(25-22)27-13-11-26(12-14-27)20-9-4-3-5-10-20/h3-10,15-16H,11-14H2,1-2H3,(H,23,24,25). The van der Waals surface area contributed by atoms with E-state index in [1.54, 1.807) is 0 Å². The van der Waals surface area contributed by atoms with Crippen LogP contribution < -0.4 is 15.1 Å². The van der Waals surface area contributed by atoms with E-state index in [1.807, 2.05) is 19.1 Å². The number of nitrogens with one attached hydrogen (secondary N) is 1. The smallest absolute Gasteiger partial charge is 0.229 e. The zero-order chi connectivity index (χ0) is 18.6. The van der Waals surface area contributed by atoms with Gasteiger partial charge in [-0.3, -0.25) is 0 Å². The minimum absolute atomic E-state index is 0.654. The van der Waals surface area contributed by atoms with Crippen molar-refractivity contribution in [1.82, 2.24) is 9.97 Å². The van der Waals surface area contributed by atoms with Gasteiger partial charge in [-0.15, -0.1) is 0 Å². The van der Waals surface area contributed by atoms with Crippen LogP contribution in [0.3, 0.4) is 0 Å². The molecule has 27 heavy (non-hydrogen) atoms. The fraction of sp³-hybridized carbons (Fsp3) is 0.273. The van der Waals surface area contributed by atoms with Crippen molar-refractivity contribution in [2.24, 2.45) is 0 Å². The Morgan fingerprint density at radius 1 is 0.778 bits per heavy atom. The average molecular weight is 359 g/mol. The molecule has 1 fully saturated rings. The summed E-state index contributed by atoms with van der Waals surface area (Å²) in [5.74, 6) is 1.64. The molecule has 1 aliphatic heterocycles. The quantitative estimate of drug-likeness (QED) is 0.758. The normalized spacial score (nSPS) is 14.3. The summed E-state index contributed by atoms with van der Waals surface area (Å²) in [5, 5.41) is 3.34. The summed E-state index contributed by atoms with van der Waals surface area (Å²) in [7, 11) is 0. The molecule has 4 rings (SSSR count). The molecule has 138 valence electrons. The van der Waals surface area contributed by atoms with Crippen molar-refractivity contribution in [3.63, 3.8) is 0 Å². The molecule has 5 nitrogen and oxygen atoms in total. The van der Waals surface area contributed by atoms with Gasteiger partial charge in [-0.2, -0.15) is 4.98 Å². The Morgan fingerprint density at radius 3 is 2.26 bits per heavy atom. The summed E-state index contributed by atoms with van der Waals surface area (Å²) in [5.41, 5.74) is 4.49. The van der Waals surface area contributed by atoms with E-state index in [0.29, 0.717) is 5.95 Å². The van der Waals surface area contributed by atoms with E-state index < -0.39 is 0 Å². The van der Waals surface area contributed by atoms with Gasteiger partial charge in [0.1, 0.15) is 5.82 Å². The van der Waals surface area contributed by atoms with Crippen molar-refractivity contribution in [3.8, 4) is 0 Å². The monoisotopic (exact) mass is 359 g/mol. The molecule has 0 spiro atoms. The van der Waals surface area contributed by atoms with Crippen LogP contribution in [0.1, 0.15) is 11.3 Å². The van der Waals surface area contributed by atoms with Crippen LogP contribution in [0.15, 0.2) is 60.7 Å². The third-order valence-electron chi connectivity index (χ3n) is 4.84. The zero-order valence-corrected chi connectivity index (χ0v) is 15.9. The highest BCUT2D eigenvalue weighted by Gasteiger charge is 2.19. The maximum Gasteiger partial charge on any atom is 0.229 e. The molecule has 0 radical (unpaired) electrons. The first-order valence-electron chi connectivity index (χ1n) is 9.42. The first-order chi connectivity index (χ1) is 13.2. The molecule has 1 N–H and O–H groups in total. The van der Waals surface area contributed by atoms with Crippen LogP contribution in [-0.4, -0.2) is 36.1 Å². The van der Waals surface area contributed by atoms with E-state index in [-0.39, 0.29) is 0 Å². The largest absolute Gasteiger partial charge is 0.368 e. The Kier molecular flexibility index (Phi) is 4.92. The summed E-state index contributed by atoms with van der Waals surface area (Å²) in [6.45, 7) is 8.00. The minimum Gasteiger partial charge on any atom is -0.368 e. The van der Waals surface area contributed by atoms with Gasteiger partial charge in [0.25, 0.3) is 0 Å². The molecule has 1 aromatic heterocycles. The molecule has 1 saturated heterocycles. The molecule has 1 aliphatic rings. The molecule has 0 saturated carbocycles. The SMILES string of the molecule is Cc1cccc(Nc2nc(C)cc(N3CCN(c4ccccc4)CC3)n2)c1. The van der Waals surface area contributed by atoms with E-state index in [2.05, 4.69) is 75.6 Å². The minimum atomic E-state index is 0.654. The van der Waals surface area contributed by atoms with Crippen LogP contribution >= 0.6 is 0 Å². The molecule has 2 heterocycles. The lowest BCUT2D eigenvalue weighted by molar-refractivity contribution is 0.647. The number of aromatic nitrogens is 2. The lowest BCUT2D eigenvalue weighted by Gasteiger charge is -2.36. The molecule has 5 heteroatoms. The number of piperazine rings is 1. The Morgan fingerprint density at radius 2 is 1.52 bits per heavy atom. The lowest BCUT2D eigenvalue weighted by atomic mass is 10.2. The van der Waals surface area contributed by atoms with Crippen LogP contribution in [0.25, 0.3) is 0 Å². The molecule has 0 atom stereocenters. The highest BCUT2D eigenvalue weighted by atomic mass is 15.3. The fourth-order valence-corrected chi connectivity index (χ4v) is 3.45. The van der Waals surface area contributed by atoms with E-state index in [0.717, 1.165) is 43.4 Å². The van der Waals surface area contributed by atoms with Crippen LogP contribution in [0, 0.1) is 13.8 Å². The molecule has 0 bridgehead atoms. The summed E-state index contributed by atoms with van der Waals surface area (Å²) in [6, 6.07) is 20.9. The number of aryl methyl sites for hydroxylation is 2. The van der Waals surface area contributed by atoms with Crippen molar-refractivity contribution in [2.75, 3.05) is 41.3 Å². The number of rotatable bonds is 4. The highest BCUT2D eigenvalue weighted by Crippen LogP contribution is 2.22. The van der Waals surface area contributed by atoms with Gasteiger partial charge in [-0.25, -0.2) is 4.98 Å². The van der Waals surface area contributed by atoms with E-state index in [1.165, 1.54) is 11.3 Å². The van der Waals surface area contributed by atoms with Crippen LogP contribution in [0.5, 0.6) is 0 Å². The summed E-state index contributed by atoms with van der Waals surface area (Å²) < 4.78 is 0. The van der Waals surface area contributed by atoms with Gasteiger partial charge in [-0.1, -0.05) is 30.3 Å². The van der Waals surface area contributed by atoms with E-state index in [9.17, 15) is 0 Å². The van der Waals surface area contributed by atoms with Gasteiger partial charge in [0, 0.05) is 49.3 Å². The molecule has 3 aromatic rings. The molecule has 2 aromatic carbocycles. The Labute approximate surface area is 160 Å². The lowest BCUT2D eigenvalue weighted by Crippen LogP contribution is -2.46. The number of para-hydroxylation sites is 1. The van der Waals surface area contributed by atoms with Crippen molar-refractivity contribution >= 4 is 23.1 Å². The number of hydrogen-bond acceptors (Lipinski definition) is 5. The fourth-order valence-electron chi connectivity index (χ4n) is 3.45. The van der Waals surface area contributed by atoms with Gasteiger partial charge in [0.05, 0.1) is 0 Å². The predicted octanol–water partition coefficient (Wildman–Crippen LogP) is 4.16. The summed E-state index contributed by atoms with van der Waals surface area (Å²) in [6.07, 6.45) is 0. The van der Waals surface area contributed by atoms with Crippen molar-refractivity contribution in [3.05, 3.63) is 71.9 Å². The second kappa shape index (κ2) is 7.66. The van der Waals surface area contributed by atoms with Gasteiger partial charge in [-0.05, 0) is 43.7 Å². The summed E-state index contributed by atoms with van der Waals surface area (Å²) in [4.78, 5) is 14.1. The predicted molar refractivity (Wildman–Crippen MR) is 112 cm³/mol. The maximum atomic E-state index is 4.77. The van der Waals surface area contributed by atoms with Crippen LogP contribution in [0.2, 0.25) is 0 Å². The van der Waals surface area contributed by atoms with Gasteiger partial charge in [0.15, 0.2) is 0 Å². The molecule has 0 amide bonds. The Hall–Kier alpha value is -3.08. The highest BCUT2D eigenvalue weighted by molar-refractivity contribution is 5.57. The van der Waals surface area contributed by atoms with Crippen LogP contribution in [-0.2, 0) is 0 Å². The molecular formula is C22H25N5. The number of hydrogen-bond donors (Lipinski definition) is 1. The Bertz CT molecular complexity index is 902. The first-order valence-corrected chi connectivity index (χ1v) is 9.42. The first kappa shape index (κ1) is 17.3. The number of benzene rings is 2. The van der Waals surface area contributed by atoms with Gasteiger partial charge < -0.3 is 15.1 Å². The molecule has 0 unspecified atom stereocenters. The Balaban J connectivity index is 1.47. The van der Waals surface area contributed by atoms with Crippen molar-refractivity contribution < 1.29 is 0 Å². The zero-order valence-electron chi connectivity index (χ0n) is 15.9. The maximum absolute atomic E-state index is 4.77. The van der Waals surface area contributed by atoms with Crippen molar-refractivity contribution in [2.45, 2.75) is 13.8 Å². The van der Waals surface area contributed by atoms with Gasteiger partial charge >= 0.3 is 0 Å². The number of nitrogens with zero attached hydrogens (tertiary/aromatic N) is 4. The summed E-state index contributed by atoms with van der Waals surface area (Å²) >= 11 is 0. The third kappa shape index (κ3) is 4.19.